The zero-order valence-corrected chi connectivity index (χ0v) is 9.43. The molecule has 0 aliphatic rings. The molecule has 0 saturated carbocycles. The van der Waals surface area contributed by atoms with Gasteiger partial charge in [-0.1, -0.05) is 35.7 Å². The van der Waals surface area contributed by atoms with Gasteiger partial charge in [0.2, 0.25) is 0 Å². The Bertz CT molecular complexity index is 497. The van der Waals surface area contributed by atoms with Crippen molar-refractivity contribution >= 4 is 12.9 Å². The molecule has 1 aromatic rings. The second kappa shape index (κ2) is 4.37. The zero-order chi connectivity index (χ0) is 15.9. The first-order valence-corrected chi connectivity index (χ1v) is 4.70. The monoisotopic (exact) mass is 210 g/mol. The molecule has 0 unspecified atom stereocenters. The lowest BCUT2D eigenvalue weighted by molar-refractivity contribution is -0.0893. The van der Waals surface area contributed by atoms with Crippen molar-refractivity contribution in [2.24, 2.45) is 0 Å². The largest absolute Gasteiger partial charge is 0.427 e. The van der Waals surface area contributed by atoms with Crippen LogP contribution in [0.3, 0.4) is 0 Å². The van der Waals surface area contributed by atoms with Gasteiger partial charge in [0, 0.05) is 0 Å². The third-order valence-corrected chi connectivity index (χ3v) is 2.46. The molecule has 1 radical (unpaired) electrons. The Kier molecular flexibility index (Phi) is 1.96. The van der Waals surface area contributed by atoms with Crippen LogP contribution in [0.4, 0.5) is 0 Å². The SMILES string of the molecule is [2H]c1c([2H])c([2H])c([B]OC(C)(C)C(C)(C)O)c([2H])c1[2H]. The summed E-state index contributed by atoms with van der Waals surface area (Å²) in [6, 6.07) is -1.94. The van der Waals surface area contributed by atoms with Crippen molar-refractivity contribution in [1.82, 2.24) is 0 Å². The minimum Gasteiger partial charge on any atom is -0.427 e. The summed E-state index contributed by atoms with van der Waals surface area (Å²) in [6.45, 7) is 6.45. The van der Waals surface area contributed by atoms with E-state index in [0.29, 0.717) is 0 Å². The van der Waals surface area contributed by atoms with Crippen LogP contribution in [0, 0.1) is 0 Å². The van der Waals surface area contributed by atoms with E-state index in [1.165, 1.54) is 0 Å². The molecule has 1 rings (SSSR count). The van der Waals surface area contributed by atoms with Gasteiger partial charge in [-0.25, -0.2) is 0 Å². The Hall–Kier alpha value is -0.795. The first kappa shape index (κ1) is 6.72. The summed E-state index contributed by atoms with van der Waals surface area (Å²) < 4.78 is 43.6. The highest BCUT2D eigenvalue weighted by Crippen LogP contribution is 2.24. The van der Waals surface area contributed by atoms with Crippen molar-refractivity contribution in [3.05, 3.63) is 30.2 Å². The molecule has 1 aromatic carbocycles. The van der Waals surface area contributed by atoms with Gasteiger partial charge in [-0.05, 0) is 27.7 Å². The van der Waals surface area contributed by atoms with Crippen molar-refractivity contribution in [3.8, 4) is 0 Å². The Balaban J connectivity index is 3.13. The number of hydrogen-bond acceptors (Lipinski definition) is 2. The fourth-order valence-electron chi connectivity index (χ4n) is 0.669. The van der Waals surface area contributed by atoms with Gasteiger partial charge in [-0.15, -0.1) is 0 Å². The van der Waals surface area contributed by atoms with E-state index >= 15 is 0 Å². The maximum Gasteiger partial charge on any atom is 0.330 e. The summed E-state index contributed by atoms with van der Waals surface area (Å²) in [6.07, 6.45) is 0. The van der Waals surface area contributed by atoms with Gasteiger partial charge >= 0.3 is 7.48 Å². The van der Waals surface area contributed by atoms with Crippen LogP contribution in [-0.2, 0) is 4.65 Å². The molecule has 0 fully saturated rings. The van der Waals surface area contributed by atoms with Crippen LogP contribution in [-0.4, -0.2) is 23.8 Å². The normalized spacial score (nSPS) is 17.3. The molecule has 0 spiro atoms. The summed E-state index contributed by atoms with van der Waals surface area (Å²) in [5.41, 5.74) is -2.17. The van der Waals surface area contributed by atoms with Crippen LogP contribution in [0.25, 0.3) is 0 Å². The topological polar surface area (TPSA) is 29.5 Å². The molecule has 0 heterocycles. The van der Waals surface area contributed by atoms with Gasteiger partial charge in [-0.2, -0.15) is 0 Å². The van der Waals surface area contributed by atoms with E-state index in [4.69, 9.17) is 11.5 Å². The Morgan fingerprint density at radius 1 is 1.20 bits per heavy atom. The fraction of sp³-hybridized carbons (Fsp3) is 0.500. The lowest BCUT2D eigenvalue weighted by atomic mass is 9.83. The molecule has 15 heavy (non-hydrogen) atoms. The molecule has 0 aromatic heterocycles. The molecule has 0 saturated heterocycles. The van der Waals surface area contributed by atoms with E-state index in [0.717, 1.165) is 7.48 Å². The highest BCUT2D eigenvalue weighted by Gasteiger charge is 2.35. The van der Waals surface area contributed by atoms with Crippen molar-refractivity contribution in [3.63, 3.8) is 0 Å². The van der Waals surface area contributed by atoms with E-state index in [1.807, 2.05) is 0 Å². The third kappa shape index (κ3) is 3.36. The quantitative estimate of drug-likeness (QED) is 0.763. The highest BCUT2D eigenvalue weighted by atomic mass is 16.5. The van der Waals surface area contributed by atoms with E-state index < -0.39 is 29.3 Å². The van der Waals surface area contributed by atoms with Crippen LogP contribution < -0.4 is 5.46 Å². The van der Waals surface area contributed by atoms with E-state index in [-0.39, 0.29) is 17.5 Å². The predicted molar refractivity (Wildman–Crippen MR) is 63.3 cm³/mol. The molecule has 2 nitrogen and oxygen atoms in total. The van der Waals surface area contributed by atoms with Gasteiger partial charge in [0.1, 0.15) is 0 Å². The molecule has 0 amide bonds. The van der Waals surface area contributed by atoms with E-state index in [1.54, 1.807) is 27.7 Å². The molecular formula is C12H18BO2. The Labute approximate surface area is 99.6 Å². The molecule has 0 bridgehead atoms. The molecule has 3 heteroatoms. The number of hydrogen-bond donors (Lipinski definition) is 1. The van der Waals surface area contributed by atoms with Gasteiger partial charge in [0.15, 0.2) is 0 Å². The average Bonchev–Trinajstić information content (AvgIpc) is 2.32. The highest BCUT2D eigenvalue weighted by molar-refractivity contribution is 6.47. The Morgan fingerprint density at radius 3 is 2.20 bits per heavy atom. The average molecular weight is 210 g/mol. The first-order valence-electron chi connectivity index (χ1n) is 7.20. The Morgan fingerprint density at radius 2 is 1.73 bits per heavy atom. The summed E-state index contributed by atoms with van der Waals surface area (Å²) in [5, 5.41) is 9.97. The lowest BCUT2D eigenvalue weighted by Crippen LogP contribution is -2.49. The summed E-state index contributed by atoms with van der Waals surface area (Å²) in [7, 11) is 1.11. The second-order valence-corrected chi connectivity index (χ2v) is 4.34. The molecule has 1 N–H and O–H groups in total. The van der Waals surface area contributed by atoms with Crippen molar-refractivity contribution in [1.29, 1.82) is 0 Å². The summed E-state index contributed by atoms with van der Waals surface area (Å²) in [4.78, 5) is 0. The van der Waals surface area contributed by atoms with E-state index in [9.17, 15) is 5.11 Å². The van der Waals surface area contributed by atoms with Crippen molar-refractivity contribution < 1.29 is 16.6 Å². The standard InChI is InChI=1S/C12H18BO2/c1-11(2,14)12(3,4)15-13-10-8-6-5-7-9-10/h5-9,14H,1-4H3/i5D,6D,7D,8D,9D. The summed E-state index contributed by atoms with van der Waals surface area (Å²) in [5.74, 6) is 0. The third-order valence-electron chi connectivity index (χ3n) is 2.46. The van der Waals surface area contributed by atoms with Crippen LogP contribution in [0.2, 0.25) is 0 Å². The molecule has 0 aliphatic carbocycles. The van der Waals surface area contributed by atoms with Crippen molar-refractivity contribution in [2.45, 2.75) is 38.9 Å². The number of aliphatic hydroxyl groups is 1. The molecular weight excluding hydrogens is 187 g/mol. The number of benzene rings is 1. The van der Waals surface area contributed by atoms with E-state index in [2.05, 4.69) is 0 Å². The smallest absolute Gasteiger partial charge is 0.330 e. The minimum absolute atomic E-state index is 0.0340. The number of rotatable bonds is 4. The van der Waals surface area contributed by atoms with Crippen LogP contribution in [0.5, 0.6) is 0 Å². The lowest BCUT2D eigenvalue weighted by Gasteiger charge is -2.37. The van der Waals surface area contributed by atoms with Crippen LogP contribution in [0.15, 0.2) is 30.2 Å². The maximum atomic E-state index is 9.97. The summed E-state index contributed by atoms with van der Waals surface area (Å²) >= 11 is 0. The van der Waals surface area contributed by atoms with Crippen molar-refractivity contribution in [2.75, 3.05) is 0 Å². The van der Waals surface area contributed by atoms with Gasteiger partial charge < -0.3 is 9.76 Å². The molecule has 0 atom stereocenters. The van der Waals surface area contributed by atoms with Crippen LogP contribution in [0.1, 0.15) is 34.5 Å². The maximum absolute atomic E-state index is 9.97. The predicted octanol–water partition coefficient (Wildman–Crippen LogP) is 1.50. The zero-order valence-electron chi connectivity index (χ0n) is 14.4. The first-order chi connectivity index (χ1) is 8.90. The van der Waals surface area contributed by atoms with Crippen LogP contribution >= 0.6 is 0 Å². The molecule has 81 valence electrons. The second-order valence-electron chi connectivity index (χ2n) is 4.34. The fourth-order valence-corrected chi connectivity index (χ4v) is 0.669. The molecule has 0 aliphatic heterocycles. The van der Waals surface area contributed by atoms with Gasteiger partial charge in [0.05, 0.1) is 18.1 Å². The minimum atomic E-state index is -1.16. The van der Waals surface area contributed by atoms with Gasteiger partial charge in [0.25, 0.3) is 0 Å². The van der Waals surface area contributed by atoms with Gasteiger partial charge in [-0.3, -0.25) is 0 Å².